The van der Waals surface area contributed by atoms with E-state index in [4.69, 9.17) is 9.26 Å². The molecule has 6 nitrogen and oxygen atoms in total. The number of nitrogens with one attached hydrogen (secondary N) is 1. The average molecular weight is 394 g/mol. The molecule has 1 N–H and O–H groups in total. The molecule has 1 saturated carbocycles. The number of amides is 1. The molecule has 2 aromatic carbocycles. The molecule has 1 aliphatic carbocycles. The van der Waals surface area contributed by atoms with Gasteiger partial charge < -0.3 is 14.6 Å². The van der Waals surface area contributed by atoms with Crippen LogP contribution in [0.5, 0.6) is 0 Å². The second kappa shape index (κ2) is 7.50. The Morgan fingerprint density at radius 2 is 1.83 bits per heavy atom. The molecule has 1 aromatic heterocycles. The predicted molar refractivity (Wildman–Crippen MR) is 104 cm³/mol. The van der Waals surface area contributed by atoms with Gasteiger partial charge in [0.05, 0.1) is 12.0 Å². The van der Waals surface area contributed by atoms with Gasteiger partial charge in [0.1, 0.15) is 5.82 Å². The number of ether oxygens (including phenoxy) is 1. The number of nitrogens with zero attached hydrogens (tertiary/aromatic N) is 1. The summed E-state index contributed by atoms with van der Waals surface area (Å²) < 4.78 is 23.4. The summed E-state index contributed by atoms with van der Waals surface area (Å²) in [6.07, 6.45) is 1.53. The molecule has 7 heteroatoms. The molecule has 1 amide bonds. The summed E-state index contributed by atoms with van der Waals surface area (Å²) in [7, 11) is 0. The van der Waals surface area contributed by atoms with Crippen molar-refractivity contribution in [1.29, 1.82) is 0 Å². The Bertz CT molecular complexity index is 1040. The maximum Gasteiger partial charge on any atom is 0.316 e. The Labute approximate surface area is 166 Å². The van der Waals surface area contributed by atoms with E-state index in [1.807, 2.05) is 12.1 Å². The molecule has 0 radical (unpaired) electrons. The van der Waals surface area contributed by atoms with Gasteiger partial charge in [0.25, 0.3) is 5.91 Å². The second-order valence-corrected chi connectivity index (χ2v) is 6.92. The molecular formula is C22H19FN2O4. The van der Waals surface area contributed by atoms with Gasteiger partial charge in [0.15, 0.2) is 11.5 Å². The van der Waals surface area contributed by atoms with Crippen molar-refractivity contribution in [2.45, 2.75) is 25.2 Å². The maximum absolute atomic E-state index is 13.0. The van der Waals surface area contributed by atoms with Gasteiger partial charge >= 0.3 is 5.97 Å². The van der Waals surface area contributed by atoms with Crippen molar-refractivity contribution in [1.82, 2.24) is 5.16 Å². The van der Waals surface area contributed by atoms with E-state index in [2.05, 4.69) is 10.5 Å². The van der Waals surface area contributed by atoms with Crippen molar-refractivity contribution in [3.05, 3.63) is 71.7 Å². The summed E-state index contributed by atoms with van der Waals surface area (Å²) in [5.41, 5.74) is 1.64. The van der Waals surface area contributed by atoms with Gasteiger partial charge in [-0.1, -0.05) is 17.3 Å². The highest BCUT2D eigenvalue weighted by molar-refractivity contribution is 6.03. The van der Waals surface area contributed by atoms with Crippen LogP contribution in [-0.2, 0) is 14.9 Å². The van der Waals surface area contributed by atoms with Crippen LogP contribution in [0, 0.1) is 5.82 Å². The van der Waals surface area contributed by atoms with Gasteiger partial charge in [-0.3, -0.25) is 9.59 Å². The quantitative estimate of drug-likeness (QED) is 0.630. The Hall–Kier alpha value is -3.48. The molecule has 1 aliphatic rings. The van der Waals surface area contributed by atoms with E-state index in [1.165, 1.54) is 18.2 Å². The van der Waals surface area contributed by atoms with Crippen LogP contribution in [0.2, 0.25) is 0 Å². The summed E-state index contributed by atoms with van der Waals surface area (Å²) in [5.74, 6) is -0.615. The van der Waals surface area contributed by atoms with Crippen molar-refractivity contribution >= 4 is 17.6 Å². The van der Waals surface area contributed by atoms with E-state index in [0.29, 0.717) is 23.6 Å². The Morgan fingerprint density at radius 1 is 1.14 bits per heavy atom. The molecule has 29 heavy (non-hydrogen) atoms. The van der Waals surface area contributed by atoms with Gasteiger partial charge in [0, 0.05) is 17.3 Å². The van der Waals surface area contributed by atoms with E-state index in [-0.39, 0.29) is 17.5 Å². The summed E-state index contributed by atoms with van der Waals surface area (Å²) >= 11 is 0. The highest BCUT2D eigenvalue weighted by Crippen LogP contribution is 2.49. The van der Waals surface area contributed by atoms with E-state index in [9.17, 15) is 14.0 Å². The van der Waals surface area contributed by atoms with Crippen LogP contribution in [0.15, 0.2) is 59.1 Å². The number of anilines is 1. The maximum atomic E-state index is 13.0. The third kappa shape index (κ3) is 3.76. The SMILES string of the molecule is CCOC(=O)C1(c2ccc(NC(=O)c3cc(-c4ccc(F)cc4)on3)cc2)CC1. The lowest BCUT2D eigenvalue weighted by Crippen LogP contribution is -2.23. The summed E-state index contributed by atoms with van der Waals surface area (Å²) in [4.78, 5) is 24.6. The lowest BCUT2D eigenvalue weighted by Gasteiger charge is -2.14. The number of carbonyl (C=O) groups excluding carboxylic acids is 2. The fourth-order valence-electron chi connectivity index (χ4n) is 3.21. The number of rotatable bonds is 6. The van der Waals surface area contributed by atoms with Crippen LogP contribution in [0.4, 0.5) is 10.1 Å². The Balaban J connectivity index is 1.44. The summed E-state index contributed by atoms with van der Waals surface area (Å²) in [6, 6.07) is 14.3. The summed E-state index contributed by atoms with van der Waals surface area (Å²) in [5, 5.41) is 6.53. The number of benzene rings is 2. The minimum atomic E-state index is -0.547. The zero-order valence-electron chi connectivity index (χ0n) is 15.8. The lowest BCUT2D eigenvalue weighted by atomic mass is 9.96. The zero-order valence-corrected chi connectivity index (χ0v) is 15.8. The molecule has 3 aromatic rings. The van der Waals surface area contributed by atoms with E-state index >= 15 is 0 Å². The fourth-order valence-corrected chi connectivity index (χ4v) is 3.21. The molecule has 4 rings (SSSR count). The van der Waals surface area contributed by atoms with Gasteiger partial charge in [-0.15, -0.1) is 0 Å². The van der Waals surface area contributed by atoms with Crippen LogP contribution < -0.4 is 5.32 Å². The van der Waals surface area contributed by atoms with Crippen molar-refractivity contribution in [3.8, 4) is 11.3 Å². The number of halogens is 1. The molecule has 1 heterocycles. The van der Waals surface area contributed by atoms with E-state index < -0.39 is 11.3 Å². The van der Waals surface area contributed by atoms with Crippen LogP contribution in [0.1, 0.15) is 35.8 Å². The molecule has 0 bridgehead atoms. The zero-order chi connectivity index (χ0) is 20.4. The Kier molecular flexibility index (Phi) is 4.88. The van der Waals surface area contributed by atoms with Crippen LogP contribution in [0.3, 0.4) is 0 Å². The third-order valence-corrected chi connectivity index (χ3v) is 4.98. The first-order chi connectivity index (χ1) is 14.0. The molecule has 1 fully saturated rings. The van der Waals surface area contributed by atoms with E-state index in [1.54, 1.807) is 31.2 Å². The number of hydrogen-bond acceptors (Lipinski definition) is 5. The molecular weight excluding hydrogens is 375 g/mol. The minimum Gasteiger partial charge on any atom is -0.465 e. The predicted octanol–water partition coefficient (Wildman–Crippen LogP) is 4.33. The number of carbonyl (C=O) groups is 2. The first-order valence-corrected chi connectivity index (χ1v) is 9.33. The molecule has 148 valence electrons. The molecule has 0 atom stereocenters. The van der Waals surface area contributed by atoms with Crippen molar-refractivity contribution in [2.24, 2.45) is 0 Å². The molecule has 0 saturated heterocycles. The fraction of sp³-hybridized carbons (Fsp3) is 0.227. The number of aromatic nitrogens is 1. The third-order valence-electron chi connectivity index (χ3n) is 4.98. The Morgan fingerprint density at radius 3 is 2.45 bits per heavy atom. The normalized spacial score (nSPS) is 14.3. The monoisotopic (exact) mass is 394 g/mol. The molecule has 0 unspecified atom stereocenters. The topological polar surface area (TPSA) is 81.4 Å². The highest BCUT2D eigenvalue weighted by Gasteiger charge is 2.52. The first kappa shape index (κ1) is 18.9. The van der Waals surface area contributed by atoms with Crippen molar-refractivity contribution in [3.63, 3.8) is 0 Å². The average Bonchev–Trinajstić information content (AvgIpc) is 3.39. The van der Waals surface area contributed by atoms with Crippen molar-refractivity contribution in [2.75, 3.05) is 11.9 Å². The van der Waals surface area contributed by atoms with Crippen LogP contribution >= 0.6 is 0 Å². The number of esters is 1. The van der Waals surface area contributed by atoms with Crippen LogP contribution in [0.25, 0.3) is 11.3 Å². The largest absolute Gasteiger partial charge is 0.465 e. The smallest absolute Gasteiger partial charge is 0.316 e. The lowest BCUT2D eigenvalue weighted by molar-refractivity contribution is -0.146. The minimum absolute atomic E-state index is 0.110. The van der Waals surface area contributed by atoms with Gasteiger partial charge in [-0.25, -0.2) is 4.39 Å². The van der Waals surface area contributed by atoms with Gasteiger partial charge in [0.2, 0.25) is 0 Å². The van der Waals surface area contributed by atoms with Gasteiger partial charge in [-0.05, 0) is 61.7 Å². The van der Waals surface area contributed by atoms with Crippen molar-refractivity contribution < 1.29 is 23.2 Å². The van der Waals surface area contributed by atoms with E-state index in [0.717, 1.165) is 18.4 Å². The number of hydrogen-bond donors (Lipinski definition) is 1. The second-order valence-electron chi connectivity index (χ2n) is 6.92. The standard InChI is InChI=1S/C22H19FN2O4/c1-2-28-21(27)22(11-12-22)15-5-9-17(10-6-15)24-20(26)18-13-19(29-25-18)14-3-7-16(23)8-4-14/h3-10,13H,2,11-12H2,1H3,(H,24,26). The van der Waals surface area contributed by atoms with Crippen LogP contribution in [-0.4, -0.2) is 23.6 Å². The first-order valence-electron chi connectivity index (χ1n) is 9.33. The molecule has 0 spiro atoms. The molecule has 0 aliphatic heterocycles. The highest BCUT2D eigenvalue weighted by atomic mass is 19.1. The van der Waals surface area contributed by atoms with Gasteiger partial charge in [-0.2, -0.15) is 0 Å². The summed E-state index contributed by atoms with van der Waals surface area (Å²) in [6.45, 7) is 2.14.